The lowest BCUT2D eigenvalue weighted by Crippen LogP contribution is -2.24. The first-order valence-electron chi connectivity index (χ1n) is 6.03. The third-order valence-corrected chi connectivity index (χ3v) is 3.51. The zero-order valence-electron chi connectivity index (χ0n) is 9.98. The van der Waals surface area contributed by atoms with Crippen LogP contribution in [0, 0.1) is 5.92 Å². The fraction of sp³-hybridized carbons (Fsp3) is 0.286. The van der Waals surface area contributed by atoms with Gasteiger partial charge in [-0.05, 0) is 23.8 Å². The Morgan fingerprint density at radius 1 is 1.39 bits per heavy atom. The molecule has 1 unspecified atom stereocenters. The van der Waals surface area contributed by atoms with Crippen LogP contribution in [0.4, 0.5) is 11.4 Å². The van der Waals surface area contributed by atoms with Crippen LogP contribution in [0.3, 0.4) is 0 Å². The summed E-state index contributed by atoms with van der Waals surface area (Å²) >= 11 is 0. The molecule has 1 aromatic carbocycles. The maximum atomic E-state index is 11.9. The van der Waals surface area contributed by atoms with E-state index in [1.807, 2.05) is 24.3 Å². The van der Waals surface area contributed by atoms with E-state index in [0.717, 1.165) is 16.9 Å². The molecule has 1 saturated heterocycles. The molecule has 18 heavy (non-hydrogen) atoms. The molecular weight excluding hydrogens is 228 g/mol. The monoisotopic (exact) mass is 242 g/mol. The van der Waals surface area contributed by atoms with Crippen LogP contribution in [0.5, 0.6) is 0 Å². The fourth-order valence-corrected chi connectivity index (χ4v) is 2.53. The van der Waals surface area contributed by atoms with Crippen LogP contribution >= 0.6 is 0 Å². The normalized spacial score (nSPS) is 22.0. The minimum atomic E-state index is 0.0128. The first-order chi connectivity index (χ1) is 8.67. The average molecular weight is 242 g/mol. The lowest BCUT2D eigenvalue weighted by Gasteiger charge is -2.17. The number of benzene rings is 1. The van der Waals surface area contributed by atoms with Crippen molar-refractivity contribution in [3.8, 4) is 0 Å². The van der Waals surface area contributed by atoms with E-state index >= 15 is 0 Å². The van der Waals surface area contributed by atoms with Gasteiger partial charge in [0.25, 0.3) is 0 Å². The zero-order valence-corrected chi connectivity index (χ0v) is 9.98. The van der Waals surface area contributed by atoms with Gasteiger partial charge in [0.15, 0.2) is 0 Å². The smallest absolute Gasteiger partial charge is 0.228 e. The molecule has 3 rings (SSSR count). The van der Waals surface area contributed by atoms with Crippen LogP contribution in [0.25, 0.3) is 0 Å². The molecule has 2 heterocycles. The van der Waals surface area contributed by atoms with Crippen molar-refractivity contribution in [2.45, 2.75) is 12.8 Å². The lowest BCUT2D eigenvalue weighted by molar-refractivity contribution is -0.117. The largest absolute Gasteiger partial charge is 0.326 e. The SMILES string of the molecule is C=CC1CC(=O)N(c2ccc3c(c2)CC(=O)N3)C1. The lowest BCUT2D eigenvalue weighted by atomic mass is 10.1. The van der Waals surface area contributed by atoms with E-state index in [0.29, 0.717) is 19.4 Å². The maximum absolute atomic E-state index is 11.9. The standard InChI is InChI=1S/C14H14N2O2/c1-2-9-5-14(18)16(8-9)11-3-4-12-10(6-11)7-13(17)15-12/h2-4,6,9H,1,5,7-8H2,(H,15,17). The Balaban J connectivity index is 1.90. The van der Waals surface area contributed by atoms with Gasteiger partial charge in [-0.1, -0.05) is 6.08 Å². The summed E-state index contributed by atoms with van der Waals surface area (Å²) in [7, 11) is 0. The number of hydrogen-bond donors (Lipinski definition) is 1. The van der Waals surface area contributed by atoms with Gasteiger partial charge in [0.05, 0.1) is 6.42 Å². The number of carbonyl (C=O) groups is 2. The average Bonchev–Trinajstić information content (AvgIpc) is 2.89. The van der Waals surface area contributed by atoms with Crippen molar-refractivity contribution in [1.29, 1.82) is 0 Å². The van der Waals surface area contributed by atoms with Crippen molar-refractivity contribution >= 4 is 23.2 Å². The fourth-order valence-electron chi connectivity index (χ4n) is 2.53. The molecule has 2 amide bonds. The third kappa shape index (κ3) is 1.70. The number of fused-ring (bicyclic) bond motifs is 1. The number of anilines is 2. The topological polar surface area (TPSA) is 49.4 Å². The molecule has 4 nitrogen and oxygen atoms in total. The van der Waals surface area contributed by atoms with Crippen LogP contribution in [-0.2, 0) is 16.0 Å². The summed E-state index contributed by atoms with van der Waals surface area (Å²) in [6.07, 6.45) is 2.75. The van der Waals surface area contributed by atoms with E-state index in [1.165, 1.54) is 0 Å². The predicted molar refractivity (Wildman–Crippen MR) is 69.4 cm³/mol. The number of nitrogens with one attached hydrogen (secondary N) is 1. The van der Waals surface area contributed by atoms with E-state index < -0.39 is 0 Å². The molecule has 0 aromatic heterocycles. The minimum Gasteiger partial charge on any atom is -0.326 e. The second kappa shape index (κ2) is 3.98. The molecule has 0 bridgehead atoms. The van der Waals surface area contributed by atoms with Crippen LogP contribution in [0.15, 0.2) is 30.9 Å². The second-order valence-corrected chi connectivity index (χ2v) is 4.77. The Bertz CT molecular complexity index is 551. The third-order valence-electron chi connectivity index (χ3n) is 3.51. The van der Waals surface area contributed by atoms with E-state index in [-0.39, 0.29) is 17.7 Å². The van der Waals surface area contributed by atoms with Crippen LogP contribution in [0.1, 0.15) is 12.0 Å². The molecule has 92 valence electrons. The van der Waals surface area contributed by atoms with Gasteiger partial charge in [-0.25, -0.2) is 0 Å². The van der Waals surface area contributed by atoms with Gasteiger partial charge in [0, 0.05) is 30.3 Å². The summed E-state index contributed by atoms with van der Waals surface area (Å²) in [5.74, 6) is 0.363. The second-order valence-electron chi connectivity index (χ2n) is 4.77. The molecule has 0 radical (unpaired) electrons. The van der Waals surface area contributed by atoms with Gasteiger partial charge in [0.1, 0.15) is 0 Å². The van der Waals surface area contributed by atoms with Crippen LogP contribution < -0.4 is 10.2 Å². The van der Waals surface area contributed by atoms with Crippen LogP contribution in [0.2, 0.25) is 0 Å². The summed E-state index contributed by atoms with van der Waals surface area (Å²) in [4.78, 5) is 25.0. The van der Waals surface area contributed by atoms with Crippen molar-refractivity contribution < 1.29 is 9.59 Å². The Hall–Kier alpha value is -2.10. The molecule has 0 saturated carbocycles. The summed E-state index contributed by atoms with van der Waals surface area (Å²) < 4.78 is 0. The van der Waals surface area contributed by atoms with Gasteiger partial charge in [-0.3, -0.25) is 9.59 Å². The Kier molecular flexibility index (Phi) is 2.44. The summed E-state index contributed by atoms with van der Waals surface area (Å²) in [5.41, 5.74) is 2.70. The molecule has 0 aliphatic carbocycles. The Morgan fingerprint density at radius 3 is 2.94 bits per heavy atom. The van der Waals surface area contributed by atoms with Gasteiger partial charge in [-0.15, -0.1) is 6.58 Å². The van der Waals surface area contributed by atoms with Crippen molar-refractivity contribution in [3.63, 3.8) is 0 Å². The van der Waals surface area contributed by atoms with E-state index in [1.54, 1.807) is 4.90 Å². The predicted octanol–water partition coefficient (Wildman–Crippen LogP) is 1.72. The number of hydrogen-bond acceptors (Lipinski definition) is 2. The minimum absolute atomic E-state index is 0.0128. The first kappa shape index (κ1) is 11.0. The number of amides is 2. The van der Waals surface area contributed by atoms with Gasteiger partial charge < -0.3 is 10.2 Å². The quantitative estimate of drug-likeness (QED) is 0.803. The van der Waals surface area contributed by atoms with Crippen molar-refractivity contribution in [3.05, 3.63) is 36.4 Å². The van der Waals surface area contributed by atoms with E-state index in [9.17, 15) is 9.59 Å². The summed E-state index contributed by atoms with van der Waals surface area (Å²) in [5, 5.41) is 2.79. The van der Waals surface area contributed by atoms with Crippen molar-refractivity contribution in [2.75, 3.05) is 16.8 Å². The molecule has 1 atom stereocenters. The molecule has 2 aliphatic rings. The van der Waals surface area contributed by atoms with Gasteiger partial charge >= 0.3 is 0 Å². The van der Waals surface area contributed by atoms with Crippen molar-refractivity contribution in [2.24, 2.45) is 5.92 Å². The zero-order chi connectivity index (χ0) is 12.7. The van der Waals surface area contributed by atoms with Gasteiger partial charge in [-0.2, -0.15) is 0 Å². The van der Waals surface area contributed by atoms with E-state index in [4.69, 9.17) is 0 Å². The van der Waals surface area contributed by atoms with E-state index in [2.05, 4.69) is 11.9 Å². The molecule has 2 aliphatic heterocycles. The molecule has 0 spiro atoms. The molecule has 4 heteroatoms. The molecule has 1 fully saturated rings. The van der Waals surface area contributed by atoms with Crippen LogP contribution in [-0.4, -0.2) is 18.4 Å². The highest BCUT2D eigenvalue weighted by atomic mass is 16.2. The van der Waals surface area contributed by atoms with Gasteiger partial charge in [0.2, 0.25) is 11.8 Å². The Morgan fingerprint density at radius 2 is 2.22 bits per heavy atom. The summed E-state index contributed by atoms with van der Waals surface area (Å²) in [6, 6.07) is 5.68. The number of rotatable bonds is 2. The van der Waals surface area contributed by atoms with Crippen molar-refractivity contribution in [1.82, 2.24) is 0 Å². The number of nitrogens with zero attached hydrogens (tertiary/aromatic N) is 1. The number of carbonyl (C=O) groups excluding carboxylic acids is 2. The molecular formula is C14H14N2O2. The summed E-state index contributed by atoms with van der Waals surface area (Å²) in [6.45, 7) is 4.42. The maximum Gasteiger partial charge on any atom is 0.228 e. The Labute approximate surface area is 105 Å². The molecule has 1 N–H and O–H groups in total. The highest BCUT2D eigenvalue weighted by Crippen LogP contribution is 2.31. The highest BCUT2D eigenvalue weighted by Gasteiger charge is 2.29. The first-order valence-corrected chi connectivity index (χ1v) is 6.03. The molecule has 1 aromatic rings. The highest BCUT2D eigenvalue weighted by molar-refractivity contribution is 6.01.